The predicted molar refractivity (Wildman–Crippen MR) is 91.5 cm³/mol. The number of pyridine rings is 1. The van der Waals surface area contributed by atoms with Gasteiger partial charge in [0.2, 0.25) is 5.91 Å². The first kappa shape index (κ1) is 16.0. The van der Waals surface area contributed by atoms with Crippen molar-refractivity contribution in [3.05, 3.63) is 40.3 Å². The summed E-state index contributed by atoms with van der Waals surface area (Å²) in [6.45, 7) is 5.53. The second kappa shape index (κ2) is 5.99. The number of nitrogens with zero attached hydrogens (tertiary/aromatic N) is 3. The van der Waals surface area contributed by atoms with Gasteiger partial charge in [-0.1, -0.05) is 0 Å². The quantitative estimate of drug-likeness (QED) is 0.787. The largest absolute Gasteiger partial charge is 0.497 e. The Kier molecular flexibility index (Phi) is 4.01. The number of benzene rings is 1. The van der Waals surface area contributed by atoms with Crippen LogP contribution in [0.1, 0.15) is 19.4 Å². The molecule has 0 atom stereocenters. The molecule has 1 N–H and O–H groups in total. The first-order chi connectivity index (χ1) is 11.4. The molecule has 0 fully saturated rings. The molecule has 0 saturated heterocycles. The number of hydrogen-bond acceptors (Lipinski definition) is 4. The highest BCUT2D eigenvalue weighted by Gasteiger charge is 2.15. The SMILES string of the molecule is COc1ccc2c(c1)cc(C)c1nn(CC(=O)NC(C)C)c(=O)n12. The normalized spacial score (nSPS) is 11.4. The van der Waals surface area contributed by atoms with Crippen molar-refractivity contribution in [3.8, 4) is 5.75 Å². The van der Waals surface area contributed by atoms with Crippen molar-refractivity contribution in [2.24, 2.45) is 0 Å². The molecular weight excluding hydrogens is 308 g/mol. The van der Waals surface area contributed by atoms with Gasteiger partial charge in [-0.2, -0.15) is 0 Å². The molecular formula is C17H20N4O3. The van der Waals surface area contributed by atoms with Gasteiger partial charge in [0.15, 0.2) is 5.65 Å². The summed E-state index contributed by atoms with van der Waals surface area (Å²) in [6, 6.07) is 7.46. The van der Waals surface area contributed by atoms with Crippen LogP contribution in [0.4, 0.5) is 0 Å². The highest BCUT2D eigenvalue weighted by atomic mass is 16.5. The number of amides is 1. The van der Waals surface area contributed by atoms with Gasteiger partial charge < -0.3 is 10.1 Å². The van der Waals surface area contributed by atoms with Gasteiger partial charge in [-0.15, -0.1) is 5.10 Å². The van der Waals surface area contributed by atoms with E-state index in [1.54, 1.807) is 13.2 Å². The molecule has 0 saturated carbocycles. The highest BCUT2D eigenvalue weighted by molar-refractivity contribution is 5.84. The zero-order valence-electron chi connectivity index (χ0n) is 14.2. The van der Waals surface area contributed by atoms with Crippen LogP contribution in [0.3, 0.4) is 0 Å². The van der Waals surface area contributed by atoms with Gasteiger partial charge in [0.25, 0.3) is 0 Å². The molecule has 0 aliphatic heterocycles. The van der Waals surface area contributed by atoms with Crippen LogP contribution in [-0.4, -0.2) is 33.2 Å². The van der Waals surface area contributed by atoms with Crippen molar-refractivity contribution < 1.29 is 9.53 Å². The van der Waals surface area contributed by atoms with Gasteiger partial charge >= 0.3 is 5.69 Å². The molecule has 2 aromatic heterocycles. The van der Waals surface area contributed by atoms with Crippen molar-refractivity contribution in [1.29, 1.82) is 0 Å². The Labute approximate surface area is 138 Å². The average Bonchev–Trinajstić information content (AvgIpc) is 2.84. The molecule has 0 unspecified atom stereocenters. The minimum atomic E-state index is -0.331. The van der Waals surface area contributed by atoms with Crippen LogP contribution in [0, 0.1) is 6.92 Å². The van der Waals surface area contributed by atoms with E-state index in [4.69, 9.17) is 4.74 Å². The van der Waals surface area contributed by atoms with E-state index in [1.807, 2.05) is 39.0 Å². The lowest BCUT2D eigenvalue weighted by Crippen LogP contribution is -2.36. The zero-order chi connectivity index (χ0) is 17.4. The molecule has 0 spiro atoms. The van der Waals surface area contributed by atoms with Crippen LogP contribution < -0.4 is 15.7 Å². The first-order valence-corrected chi connectivity index (χ1v) is 7.77. The van der Waals surface area contributed by atoms with Gasteiger partial charge in [-0.3, -0.25) is 4.79 Å². The van der Waals surface area contributed by atoms with Crippen LogP contribution in [-0.2, 0) is 11.3 Å². The fourth-order valence-corrected chi connectivity index (χ4v) is 2.76. The summed E-state index contributed by atoms with van der Waals surface area (Å²) in [5.41, 5.74) is 1.81. The Morgan fingerprint density at radius 1 is 1.33 bits per heavy atom. The number of aryl methyl sites for hydroxylation is 1. The number of hydrogen-bond donors (Lipinski definition) is 1. The number of fused-ring (bicyclic) bond motifs is 3. The van der Waals surface area contributed by atoms with E-state index < -0.39 is 0 Å². The average molecular weight is 328 g/mol. The smallest absolute Gasteiger partial charge is 0.351 e. The summed E-state index contributed by atoms with van der Waals surface area (Å²) in [6.07, 6.45) is 0. The van der Waals surface area contributed by atoms with Gasteiger partial charge in [-0.05, 0) is 50.6 Å². The van der Waals surface area contributed by atoms with Gasteiger partial charge in [-0.25, -0.2) is 13.9 Å². The molecule has 1 aromatic carbocycles. The first-order valence-electron chi connectivity index (χ1n) is 7.77. The topological polar surface area (TPSA) is 77.6 Å². The maximum atomic E-state index is 12.7. The fourth-order valence-electron chi connectivity index (χ4n) is 2.76. The molecule has 7 heteroatoms. The summed E-state index contributed by atoms with van der Waals surface area (Å²) in [4.78, 5) is 24.7. The van der Waals surface area contributed by atoms with Crippen LogP contribution in [0.5, 0.6) is 5.75 Å². The number of carbonyl (C=O) groups is 1. The number of carbonyl (C=O) groups excluding carboxylic acids is 1. The number of aromatic nitrogens is 3. The number of ether oxygens (including phenoxy) is 1. The summed E-state index contributed by atoms with van der Waals surface area (Å²) < 4.78 is 7.97. The van der Waals surface area contributed by atoms with Gasteiger partial charge in [0.1, 0.15) is 12.3 Å². The summed E-state index contributed by atoms with van der Waals surface area (Å²) >= 11 is 0. The molecule has 3 rings (SSSR count). The Morgan fingerprint density at radius 2 is 2.08 bits per heavy atom. The van der Waals surface area contributed by atoms with Gasteiger partial charge in [0.05, 0.1) is 12.6 Å². The monoisotopic (exact) mass is 328 g/mol. The van der Waals surface area contributed by atoms with Crippen molar-refractivity contribution in [3.63, 3.8) is 0 Å². The van der Waals surface area contributed by atoms with E-state index in [-0.39, 0.29) is 24.2 Å². The molecule has 3 aromatic rings. The minimum absolute atomic E-state index is 0.0141. The lowest BCUT2D eigenvalue weighted by atomic mass is 10.1. The van der Waals surface area contributed by atoms with E-state index >= 15 is 0 Å². The Bertz CT molecular complexity index is 985. The molecule has 0 bridgehead atoms. The zero-order valence-corrected chi connectivity index (χ0v) is 14.2. The molecule has 2 heterocycles. The summed E-state index contributed by atoms with van der Waals surface area (Å²) in [7, 11) is 1.60. The standard InChI is InChI=1S/C17H20N4O3/c1-10(2)18-15(22)9-20-17(23)21-14-6-5-13(24-4)8-12(14)7-11(3)16(21)19-20/h5-8,10H,9H2,1-4H3,(H,18,22). The Morgan fingerprint density at radius 3 is 2.75 bits per heavy atom. The van der Waals surface area contributed by atoms with Crippen molar-refractivity contribution in [2.75, 3.05) is 7.11 Å². The summed E-state index contributed by atoms with van der Waals surface area (Å²) in [5.74, 6) is 0.483. The van der Waals surface area contributed by atoms with Crippen molar-refractivity contribution in [2.45, 2.75) is 33.4 Å². The lowest BCUT2D eigenvalue weighted by Gasteiger charge is -2.06. The fraction of sp³-hybridized carbons (Fsp3) is 0.353. The van der Waals surface area contributed by atoms with Gasteiger partial charge in [0, 0.05) is 11.4 Å². The van der Waals surface area contributed by atoms with Crippen LogP contribution >= 0.6 is 0 Å². The molecule has 0 aliphatic carbocycles. The molecule has 0 radical (unpaired) electrons. The molecule has 7 nitrogen and oxygen atoms in total. The van der Waals surface area contributed by atoms with Crippen LogP contribution in [0.2, 0.25) is 0 Å². The number of rotatable bonds is 4. The van der Waals surface area contributed by atoms with E-state index in [0.29, 0.717) is 5.65 Å². The lowest BCUT2D eigenvalue weighted by molar-refractivity contribution is -0.122. The van der Waals surface area contributed by atoms with E-state index in [2.05, 4.69) is 10.4 Å². The molecule has 0 aliphatic rings. The molecule has 126 valence electrons. The third-order valence-electron chi connectivity index (χ3n) is 3.78. The maximum Gasteiger partial charge on any atom is 0.351 e. The Balaban J connectivity index is 2.17. The summed E-state index contributed by atoms with van der Waals surface area (Å²) in [5, 5.41) is 7.97. The highest BCUT2D eigenvalue weighted by Crippen LogP contribution is 2.23. The number of nitrogens with one attached hydrogen (secondary N) is 1. The third kappa shape index (κ3) is 2.73. The van der Waals surface area contributed by atoms with Crippen molar-refractivity contribution in [1.82, 2.24) is 19.5 Å². The third-order valence-corrected chi connectivity index (χ3v) is 3.78. The number of methoxy groups -OCH3 is 1. The molecule has 1 amide bonds. The van der Waals surface area contributed by atoms with E-state index in [9.17, 15) is 9.59 Å². The second-order valence-corrected chi connectivity index (χ2v) is 6.07. The second-order valence-electron chi connectivity index (χ2n) is 6.07. The van der Waals surface area contributed by atoms with Crippen LogP contribution in [0.25, 0.3) is 16.6 Å². The van der Waals surface area contributed by atoms with E-state index in [0.717, 1.165) is 22.2 Å². The van der Waals surface area contributed by atoms with Crippen molar-refractivity contribution >= 4 is 22.5 Å². The van der Waals surface area contributed by atoms with E-state index in [1.165, 1.54) is 9.08 Å². The Hall–Kier alpha value is -2.83. The van der Waals surface area contributed by atoms with Crippen LogP contribution in [0.15, 0.2) is 29.1 Å². The maximum absolute atomic E-state index is 12.7. The minimum Gasteiger partial charge on any atom is -0.497 e. The predicted octanol–water partition coefficient (Wildman–Crippen LogP) is 1.49. The molecule has 24 heavy (non-hydrogen) atoms.